The van der Waals surface area contributed by atoms with Crippen LogP contribution in [0.25, 0.3) is 10.9 Å². The molecular weight excluding hydrogens is 463 g/mol. The van der Waals surface area contributed by atoms with Gasteiger partial charge in [-0.15, -0.1) is 0 Å². The van der Waals surface area contributed by atoms with E-state index in [4.69, 9.17) is 26.3 Å². The van der Waals surface area contributed by atoms with Gasteiger partial charge in [-0.25, -0.2) is 14.4 Å². The second-order valence-electron chi connectivity index (χ2n) is 7.78. The molecule has 2 atom stereocenters. The SMILES string of the molecule is COc1cc2ncnc(Nc3cccc(Cl)c3F)c2cc1O[C@H]1C[C@H](C(=O)NCC#N)N(C)C1. The summed E-state index contributed by atoms with van der Waals surface area (Å²) < 4.78 is 26.2. The van der Waals surface area contributed by atoms with Gasteiger partial charge in [0.2, 0.25) is 5.91 Å². The molecule has 0 aliphatic carbocycles. The first kappa shape index (κ1) is 23.5. The number of benzene rings is 2. The number of anilines is 2. The van der Waals surface area contributed by atoms with Crippen LogP contribution in [0.4, 0.5) is 15.9 Å². The molecule has 2 aromatic carbocycles. The average molecular weight is 485 g/mol. The maximum atomic E-state index is 14.4. The number of hydrogen-bond acceptors (Lipinski definition) is 8. The molecule has 0 saturated carbocycles. The Labute approximate surface area is 200 Å². The fourth-order valence-electron chi connectivity index (χ4n) is 3.91. The summed E-state index contributed by atoms with van der Waals surface area (Å²) in [4.78, 5) is 22.8. The molecule has 0 radical (unpaired) electrons. The molecule has 3 aromatic rings. The van der Waals surface area contributed by atoms with Crippen LogP contribution in [0.5, 0.6) is 11.5 Å². The van der Waals surface area contributed by atoms with E-state index in [0.717, 1.165) is 0 Å². The highest BCUT2D eigenvalue weighted by Gasteiger charge is 2.36. The van der Waals surface area contributed by atoms with Crippen molar-refractivity contribution < 1.29 is 18.7 Å². The Bertz CT molecular complexity index is 1270. The number of halogens is 2. The lowest BCUT2D eigenvalue weighted by molar-refractivity contribution is -0.124. The minimum absolute atomic E-state index is 0.00670. The van der Waals surface area contributed by atoms with E-state index in [1.807, 2.05) is 18.0 Å². The summed E-state index contributed by atoms with van der Waals surface area (Å²) in [5.74, 6) is 0.470. The van der Waals surface area contributed by atoms with Crippen molar-refractivity contribution in [3.05, 3.63) is 47.5 Å². The van der Waals surface area contributed by atoms with Crippen LogP contribution in [0.2, 0.25) is 5.02 Å². The first-order valence-corrected chi connectivity index (χ1v) is 10.8. The van der Waals surface area contributed by atoms with Gasteiger partial charge in [0.15, 0.2) is 17.3 Å². The first-order chi connectivity index (χ1) is 16.4. The lowest BCUT2D eigenvalue weighted by atomic mass is 10.1. The maximum absolute atomic E-state index is 14.4. The van der Waals surface area contributed by atoms with Crippen molar-refractivity contribution in [2.75, 3.05) is 32.6 Å². The zero-order chi connectivity index (χ0) is 24.2. The largest absolute Gasteiger partial charge is 0.493 e. The van der Waals surface area contributed by atoms with Gasteiger partial charge in [0.05, 0.1) is 35.4 Å². The normalized spacial score (nSPS) is 17.9. The number of nitriles is 1. The topological polar surface area (TPSA) is 112 Å². The van der Waals surface area contributed by atoms with Crippen LogP contribution in [0.15, 0.2) is 36.7 Å². The Kier molecular flexibility index (Phi) is 6.95. The number of nitrogens with zero attached hydrogens (tertiary/aromatic N) is 4. The van der Waals surface area contributed by atoms with E-state index < -0.39 is 11.9 Å². The summed E-state index contributed by atoms with van der Waals surface area (Å²) in [6.07, 6.45) is 1.52. The number of carbonyl (C=O) groups excluding carboxylic acids is 1. The molecule has 1 saturated heterocycles. The van der Waals surface area contributed by atoms with Crippen LogP contribution < -0.4 is 20.1 Å². The Morgan fingerprint density at radius 1 is 1.35 bits per heavy atom. The summed E-state index contributed by atoms with van der Waals surface area (Å²) in [7, 11) is 3.35. The fourth-order valence-corrected chi connectivity index (χ4v) is 4.09. The molecule has 1 aliphatic heterocycles. The number of methoxy groups -OCH3 is 1. The van der Waals surface area contributed by atoms with Crippen molar-refractivity contribution in [3.63, 3.8) is 0 Å². The van der Waals surface area contributed by atoms with Crippen LogP contribution in [0, 0.1) is 17.1 Å². The Morgan fingerprint density at radius 2 is 2.18 bits per heavy atom. The van der Waals surface area contributed by atoms with Crippen LogP contribution in [-0.4, -0.2) is 60.2 Å². The molecule has 4 rings (SSSR count). The third-order valence-corrected chi connectivity index (χ3v) is 5.87. The molecule has 1 amide bonds. The number of likely N-dealkylation sites (tertiary alicyclic amines) is 1. The summed E-state index contributed by atoms with van der Waals surface area (Å²) in [6, 6.07) is 9.58. The van der Waals surface area contributed by atoms with Crippen LogP contribution >= 0.6 is 11.6 Å². The molecule has 9 nitrogen and oxygen atoms in total. The summed E-state index contributed by atoms with van der Waals surface area (Å²) in [5, 5.41) is 14.8. The highest BCUT2D eigenvalue weighted by Crippen LogP contribution is 2.37. The smallest absolute Gasteiger partial charge is 0.238 e. The van der Waals surface area contributed by atoms with Crippen molar-refractivity contribution in [3.8, 4) is 17.6 Å². The molecule has 1 aromatic heterocycles. The van der Waals surface area contributed by atoms with E-state index in [9.17, 15) is 9.18 Å². The van der Waals surface area contributed by atoms with Gasteiger partial charge in [0.1, 0.15) is 24.8 Å². The molecular formula is C23H22ClFN6O3. The standard InChI is InChI=1S/C23H22ClFN6O3/c1-31-11-13(8-18(31)23(32)27-7-6-26)34-20-9-14-17(10-19(20)33-2)28-12-29-22(14)30-16-5-3-4-15(24)21(16)25/h3-5,9-10,12-13,18H,7-8,11H2,1-2H3,(H,27,32)(H,28,29,30)/t13-,18+/m0/s1. The van der Waals surface area contributed by atoms with E-state index in [-0.39, 0.29) is 29.3 Å². The van der Waals surface area contributed by atoms with Gasteiger partial charge in [-0.3, -0.25) is 9.69 Å². The highest BCUT2D eigenvalue weighted by atomic mass is 35.5. The molecule has 0 spiro atoms. The minimum Gasteiger partial charge on any atom is -0.493 e. The zero-order valence-corrected chi connectivity index (χ0v) is 19.3. The molecule has 2 N–H and O–H groups in total. The Morgan fingerprint density at radius 3 is 2.94 bits per heavy atom. The fraction of sp³-hybridized carbons (Fsp3) is 0.304. The second-order valence-corrected chi connectivity index (χ2v) is 8.18. The highest BCUT2D eigenvalue weighted by molar-refractivity contribution is 6.31. The van der Waals surface area contributed by atoms with Gasteiger partial charge in [0, 0.05) is 24.4 Å². The lowest BCUT2D eigenvalue weighted by Crippen LogP contribution is -2.41. The zero-order valence-electron chi connectivity index (χ0n) is 18.5. The number of nitrogens with one attached hydrogen (secondary N) is 2. The number of carbonyl (C=O) groups is 1. The number of hydrogen-bond donors (Lipinski definition) is 2. The van der Waals surface area contributed by atoms with Gasteiger partial charge >= 0.3 is 0 Å². The van der Waals surface area contributed by atoms with Crippen molar-refractivity contribution in [2.24, 2.45) is 0 Å². The van der Waals surface area contributed by atoms with E-state index >= 15 is 0 Å². The summed E-state index contributed by atoms with van der Waals surface area (Å²) in [5.41, 5.74) is 0.746. The lowest BCUT2D eigenvalue weighted by Gasteiger charge is -2.17. The van der Waals surface area contributed by atoms with E-state index in [0.29, 0.717) is 41.2 Å². The van der Waals surface area contributed by atoms with E-state index in [1.54, 1.807) is 24.3 Å². The molecule has 2 heterocycles. The molecule has 0 unspecified atom stereocenters. The summed E-state index contributed by atoms with van der Waals surface area (Å²) >= 11 is 5.90. The molecule has 34 heavy (non-hydrogen) atoms. The number of rotatable bonds is 7. The Balaban J connectivity index is 1.62. The van der Waals surface area contributed by atoms with Gasteiger partial charge in [-0.05, 0) is 25.2 Å². The number of fused-ring (bicyclic) bond motifs is 1. The minimum atomic E-state index is -0.587. The third kappa shape index (κ3) is 4.81. The van der Waals surface area contributed by atoms with Crippen LogP contribution in [0.3, 0.4) is 0 Å². The first-order valence-electron chi connectivity index (χ1n) is 10.5. The molecule has 0 bridgehead atoms. The monoisotopic (exact) mass is 484 g/mol. The molecule has 176 valence electrons. The van der Waals surface area contributed by atoms with Crippen molar-refractivity contribution in [2.45, 2.75) is 18.6 Å². The molecule has 1 fully saturated rings. The van der Waals surface area contributed by atoms with Gasteiger partial charge in [-0.2, -0.15) is 5.26 Å². The third-order valence-electron chi connectivity index (χ3n) is 5.57. The number of likely N-dealkylation sites (N-methyl/N-ethyl adjacent to an activating group) is 1. The van der Waals surface area contributed by atoms with E-state index in [2.05, 4.69) is 20.6 Å². The van der Waals surface area contributed by atoms with Crippen molar-refractivity contribution in [1.29, 1.82) is 5.26 Å². The van der Waals surface area contributed by atoms with Crippen LogP contribution in [-0.2, 0) is 4.79 Å². The number of ether oxygens (including phenoxy) is 2. The number of amides is 1. The van der Waals surface area contributed by atoms with Crippen molar-refractivity contribution in [1.82, 2.24) is 20.2 Å². The van der Waals surface area contributed by atoms with Gasteiger partial charge in [0.25, 0.3) is 0 Å². The predicted molar refractivity (Wildman–Crippen MR) is 125 cm³/mol. The average Bonchev–Trinajstić information content (AvgIpc) is 3.20. The summed E-state index contributed by atoms with van der Waals surface area (Å²) in [6.45, 7) is 0.464. The maximum Gasteiger partial charge on any atom is 0.238 e. The van der Waals surface area contributed by atoms with Gasteiger partial charge < -0.3 is 20.1 Å². The molecule has 11 heteroatoms. The molecule has 1 aliphatic rings. The van der Waals surface area contributed by atoms with Crippen LogP contribution in [0.1, 0.15) is 6.42 Å². The second kappa shape index (κ2) is 10.1. The van der Waals surface area contributed by atoms with Crippen molar-refractivity contribution >= 4 is 39.9 Å². The quantitative estimate of drug-likeness (QED) is 0.491. The van der Waals surface area contributed by atoms with E-state index in [1.165, 1.54) is 19.5 Å². The van der Waals surface area contributed by atoms with Gasteiger partial charge in [-0.1, -0.05) is 17.7 Å². The number of aromatic nitrogens is 2. The Hall–Kier alpha value is -3.68. The predicted octanol–water partition coefficient (Wildman–Crippen LogP) is 3.27.